The number of halogens is 2. The van der Waals surface area contributed by atoms with Crippen LogP contribution < -0.4 is 5.73 Å². The van der Waals surface area contributed by atoms with Gasteiger partial charge in [-0.3, -0.25) is 4.90 Å². The van der Waals surface area contributed by atoms with E-state index in [0.29, 0.717) is 13.1 Å². The SMILES string of the molecule is Cl.Cl.NCCc1ccc(-c2ccc(C(O)CN3CCOCC3)cc2)cc1. The highest BCUT2D eigenvalue weighted by Crippen LogP contribution is 2.23. The second kappa shape index (κ2) is 11.5. The zero-order chi connectivity index (χ0) is 16.8. The maximum Gasteiger partial charge on any atom is 0.0916 e. The van der Waals surface area contributed by atoms with E-state index in [0.717, 1.165) is 43.9 Å². The van der Waals surface area contributed by atoms with Crippen molar-refractivity contribution < 1.29 is 9.84 Å². The Morgan fingerprint density at radius 2 is 1.46 bits per heavy atom. The van der Waals surface area contributed by atoms with E-state index in [2.05, 4.69) is 41.3 Å². The highest BCUT2D eigenvalue weighted by atomic mass is 35.5. The van der Waals surface area contributed by atoms with Crippen LogP contribution in [0.1, 0.15) is 17.2 Å². The van der Waals surface area contributed by atoms with Crippen molar-refractivity contribution in [2.45, 2.75) is 12.5 Å². The van der Waals surface area contributed by atoms with Crippen molar-refractivity contribution in [3.63, 3.8) is 0 Å². The van der Waals surface area contributed by atoms with Crippen molar-refractivity contribution in [2.24, 2.45) is 5.73 Å². The number of rotatable bonds is 6. The van der Waals surface area contributed by atoms with Gasteiger partial charge in [0.15, 0.2) is 0 Å². The molecule has 0 aliphatic carbocycles. The molecule has 4 nitrogen and oxygen atoms in total. The summed E-state index contributed by atoms with van der Waals surface area (Å²) in [6.45, 7) is 4.64. The van der Waals surface area contributed by atoms with Crippen molar-refractivity contribution >= 4 is 24.8 Å². The highest BCUT2D eigenvalue weighted by molar-refractivity contribution is 5.85. The normalized spacial score (nSPS) is 15.6. The third-order valence-electron chi connectivity index (χ3n) is 4.55. The number of aliphatic hydroxyl groups excluding tert-OH is 1. The Labute approximate surface area is 168 Å². The van der Waals surface area contributed by atoms with E-state index in [1.54, 1.807) is 0 Å². The molecule has 0 radical (unpaired) electrons. The van der Waals surface area contributed by atoms with Crippen molar-refractivity contribution in [3.8, 4) is 11.1 Å². The summed E-state index contributed by atoms with van der Waals surface area (Å²) in [5, 5.41) is 10.4. The molecule has 6 heteroatoms. The molecule has 1 unspecified atom stereocenters. The average molecular weight is 399 g/mol. The van der Waals surface area contributed by atoms with Crippen LogP contribution in [-0.2, 0) is 11.2 Å². The fraction of sp³-hybridized carbons (Fsp3) is 0.400. The molecule has 26 heavy (non-hydrogen) atoms. The molecule has 144 valence electrons. The molecule has 1 fully saturated rings. The largest absolute Gasteiger partial charge is 0.387 e. The number of ether oxygens (including phenoxy) is 1. The molecule has 0 aromatic heterocycles. The minimum atomic E-state index is -0.455. The number of nitrogens with two attached hydrogens (primary N) is 1. The lowest BCUT2D eigenvalue weighted by molar-refractivity contribution is 0.0143. The van der Waals surface area contributed by atoms with Gasteiger partial charge in [-0.15, -0.1) is 24.8 Å². The summed E-state index contributed by atoms with van der Waals surface area (Å²) < 4.78 is 5.35. The lowest BCUT2D eigenvalue weighted by Crippen LogP contribution is -2.38. The molecule has 3 N–H and O–H groups in total. The van der Waals surface area contributed by atoms with Crippen LogP contribution in [0.2, 0.25) is 0 Å². The third kappa shape index (κ3) is 6.23. The number of hydrogen-bond donors (Lipinski definition) is 2. The van der Waals surface area contributed by atoms with E-state index in [4.69, 9.17) is 10.5 Å². The van der Waals surface area contributed by atoms with Crippen LogP contribution in [0.5, 0.6) is 0 Å². The summed E-state index contributed by atoms with van der Waals surface area (Å²) >= 11 is 0. The van der Waals surface area contributed by atoms with Gasteiger partial charge in [0.05, 0.1) is 19.3 Å². The summed E-state index contributed by atoms with van der Waals surface area (Å²) in [5.41, 5.74) is 10.2. The highest BCUT2D eigenvalue weighted by Gasteiger charge is 2.16. The van der Waals surface area contributed by atoms with Crippen LogP contribution >= 0.6 is 24.8 Å². The number of aliphatic hydroxyl groups is 1. The monoisotopic (exact) mass is 398 g/mol. The van der Waals surface area contributed by atoms with Gasteiger partial charge >= 0.3 is 0 Å². The minimum Gasteiger partial charge on any atom is -0.387 e. The molecule has 2 aromatic rings. The first-order chi connectivity index (χ1) is 11.8. The Bertz CT molecular complexity index is 629. The van der Waals surface area contributed by atoms with Gasteiger partial charge in [-0.2, -0.15) is 0 Å². The van der Waals surface area contributed by atoms with Crippen LogP contribution in [0, 0.1) is 0 Å². The maximum absolute atomic E-state index is 10.4. The van der Waals surface area contributed by atoms with E-state index < -0.39 is 6.10 Å². The number of benzene rings is 2. The van der Waals surface area contributed by atoms with Crippen LogP contribution in [0.3, 0.4) is 0 Å². The standard InChI is InChI=1S/C20H26N2O2.2ClH/c21-10-9-16-1-3-17(4-2-16)18-5-7-19(8-6-18)20(23)15-22-11-13-24-14-12-22;;/h1-8,20,23H,9-15,21H2;2*1H. The molecular weight excluding hydrogens is 371 g/mol. The van der Waals surface area contributed by atoms with Crippen LogP contribution in [0.25, 0.3) is 11.1 Å². The first-order valence-corrected chi connectivity index (χ1v) is 8.64. The molecule has 0 amide bonds. The molecule has 1 atom stereocenters. The number of hydrogen-bond acceptors (Lipinski definition) is 4. The average Bonchev–Trinajstić information content (AvgIpc) is 2.64. The molecule has 1 saturated heterocycles. The van der Waals surface area contributed by atoms with E-state index in [1.807, 2.05) is 12.1 Å². The third-order valence-corrected chi connectivity index (χ3v) is 4.55. The quantitative estimate of drug-likeness (QED) is 0.784. The number of β-amino-alcohol motifs (C(OH)–C–C–N with tert-alkyl or cyclic N) is 1. The van der Waals surface area contributed by atoms with Crippen molar-refractivity contribution in [1.29, 1.82) is 0 Å². The van der Waals surface area contributed by atoms with Gasteiger partial charge in [0.25, 0.3) is 0 Å². The predicted molar refractivity (Wildman–Crippen MR) is 111 cm³/mol. The minimum absolute atomic E-state index is 0. The second-order valence-electron chi connectivity index (χ2n) is 6.29. The Morgan fingerprint density at radius 1 is 0.923 bits per heavy atom. The van der Waals surface area contributed by atoms with Crippen molar-refractivity contribution in [2.75, 3.05) is 39.4 Å². The summed E-state index contributed by atoms with van der Waals surface area (Å²) in [5.74, 6) is 0. The summed E-state index contributed by atoms with van der Waals surface area (Å²) in [6.07, 6.45) is 0.455. The van der Waals surface area contributed by atoms with Crippen molar-refractivity contribution in [3.05, 3.63) is 59.7 Å². The molecule has 2 aromatic carbocycles. The Kier molecular flexibility index (Phi) is 10.2. The Hall–Kier alpha value is -1.14. The summed E-state index contributed by atoms with van der Waals surface area (Å²) in [4.78, 5) is 2.25. The van der Waals surface area contributed by atoms with Gasteiger partial charge in [-0.25, -0.2) is 0 Å². The molecule has 1 heterocycles. The molecule has 0 saturated carbocycles. The molecular formula is C20H28Cl2N2O2. The van der Waals surface area contributed by atoms with Gasteiger partial charge in [0.2, 0.25) is 0 Å². The Balaban J connectivity index is 0.00000169. The zero-order valence-electron chi connectivity index (χ0n) is 14.8. The van der Waals surface area contributed by atoms with Gasteiger partial charge in [-0.05, 0) is 35.2 Å². The summed E-state index contributed by atoms with van der Waals surface area (Å²) in [7, 11) is 0. The van der Waals surface area contributed by atoms with E-state index in [9.17, 15) is 5.11 Å². The molecule has 0 spiro atoms. The fourth-order valence-corrected chi connectivity index (χ4v) is 3.06. The molecule has 1 aliphatic rings. The van der Waals surface area contributed by atoms with Gasteiger partial charge in [0, 0.05) is 19.6 Å². The first-order valence-electron chi connectivity index (χ1n) is 8.64. The first kappa shape index (κ1) is 22.9. The van der Waals surface area contributed by atoms with E-state index in [1.165, 1.54) is 11.1 Å². The second-order valence-corrected chi connectivity index (χ2v) is 6.29. The van der Waals surface area contributed by atoms with Crippen LogP contribution in [0.15, 0.2) is 48.5 Å². The smallest absolute Gasteiger partial charge is 0.0916 e. The van der Waals surface area contributed by atoms with Gasteiger partial charge in [-0.1, -0.05) is 48.5 Å². The van der Waals surface area contributed by atoms with Crippen LogP contribution in [0.4, 0.5) is 0 Å². The number of nitrogens with zero attached hydrogens (tertiary/aromatic N) is 1. The molecule has 0 bridgehead atoms. The predicted octanol–water partition coefficient (Wildman–Crippen LogP) is 3.06. The topological polar surface area (TPSA) is 58.7 Å². The lowest BCUT2D eigenvalue weighted by atomic mass is 10.00. The Morgan fingerprint density at radius 3 is 2.00 bits per heavy atom. The molecule has 1 aliphatic heterocycles. The van der Waals surface area contributed by atoms with Gasteiger partial charge < -0.3 is 15.6 Å². The van der Waals surface area contributed by atoms with Crippen molar-refractivity contribution in [1.82, 2.24) is 4.90 Å². The summed E-state index contributed by atoms with van der Waals surface area (Å²) in [6, 6.07) is 16.7. The zero-order valence-corrected chi connectivity index (χ0v) is 16.5. The van der Waals surface area contributed by atoms with Gasteiger partial charge in [0.1, 0.15) is 0 Å². The van der Waals surface area contributed by atoms with E-state index >= 15 is 0 Å². The van der Waals surface area contributed by atoms with E-state index in [-0.39, 0.29) is 24.8 Å². The number of morpholine rings is 1. The van der Waals surface area contributed by atoms with Crippen LogP contribution in [-0.4, -0.2) is 49.4 Å². The molecule has 3 rings (SSSR count). The maximum atomic E-state index is 10.4. The fourth-order valence-electron chi connectivity index (χ4n) is 3.06. The lowest BCUT2D eigenvalue weighted by Gasteiger charge is -2.28.